The Morgan fingerprint density at radius 2 is 0.833 bits per heavy atom. The minimum Gasteiger partial charge on any atom is -0.327 e. The highest BCUT2D eigenvalue weighted by Crippen LogP contribution is 2.11. The second-order valence-electron chi connectivity index (χ2n) is 12.6. The summed E-state index contributed by atoms with van der Waals surface area (Å²) in [5, 5.41) is 14.3. The van der Waals surface area contributed by atoms with Gasteiger partial charge in [-0.15, -0.1) is 0 Å². The minimum atomic E-state index is 0.191. The van der Waals surface area contributed by atoms with Gasteiger partial charge in [0.05, 0.1) is 0 Å². The van der Waals surface area contributed by atoms with E-state index in [-0.39, 0.29) is 12.1 Å². The van der Waals surface area contributed by atoms with Crippen LogP contribution < -0.4 is 32.7 Å². The molecule has 0 spiro atoms. The Bertz CT molecular complexity index is 631. The fourth-order valence-corrected chi connectivity index (χ4v) is 5.51. The summed E-state index contributed by atoms with van der Waals surface area (Å²) in [4.78, 5) is 0. The van der Waals surface area contributed by atoms with Crippen molar-refractivity contribution in [3.8, 4) is 0 Å². The minimum absolute atomic E-state index is 0.191. The number of hydrogen-bond donors (Lipinski definition) is 6. The standard InChI is InChI=1S/C36H72N6/c1-3-5-7-9-11-13-22-39-24-16-26-41-28-20-35(37)31-33-18-15-19-34(30-33)32-36(38)21-29-42-27-17-25-40-23-14-12-10-8-6-4-2/h15,18-19,30,35-36,39-42H,3-14,16-17,20-29,31-32,37-38H2,1-2H3. The number of nitrogens with one attached hydrogen (secondary N) is 4. The van der Waals surface area contributed by atoms with Gasteiger partial charge in [-0.1, -0.05) is 102 Å². The number of unbranched alkanes of at least 4 members (excludes halogenated alkanes) is 10. The van der Waals surface area contributed by atoms with Crippen molar-refractivity contribution in [1.82, 2.24) is 21.3 Å². The molecule has 0 heterocycles. The summed E-state index contributed by atoms with van der Waals surface area (Å²) in [7, 11) is 0. The monoisotopic (exact) mass is 589 g/mol. The molecule has 0 aliphatic rings. The lowest BCUT2D eigenvalue weighted by Gasteiger charge is -2.15. The Morgan fingerprint density at radius 1 is 0.476 bits per heavy atom. The predicted octanol–water partition coefficient (Wildman–Crippen LogP) is 6.07. The zero-order valence-corrected chi connectivity index (χ0v) is 28.0. The molecule has 1 aromatic rings. The molecule has 0 radical (unpaired) electrons. The third-order valence-electron chi connectivity index (χ3n) is 8.20. The molecule has 6 nitrogen and oxygen atoms in total. The topological polar surface area (TPSA) is 100 Å². The highest BCUT2D eigenvalue weighted by Gasteiger charge is 2.08. The summed E-state index contributed by atoms with van der Waals surface area (Å²) in [6.07, 6.45) is 22.6. The maximum atomic E-state index is 6.47. The SMILES string of the molecule is CCCCCCCCNCCCNCCC(N)Cc1cccc(CC(N)CCNCCCNCCCCCCCC)c1. The Hall–Kier alpha value is -1.02. The van der Waals surface area contributed by atoms with Crippen molar-refractivity contribution >= 4 is 0 Å². The molecule has 6 heteroatoms. The molecule has 2 unspecified atom stereocenters. The van der Waals surface area contributed by atoms with Gasteiger partial charge in [0, 0.05) is 12.1 Å². The maximum absolute atomic E-state index is 6.47. The van der Waals surface area contributed by atoms with Crippen molar-refractivity contribution in [2.45, 2.75) is 142 Å². The van der Waals surface area contributed by atoms with Crippen LogP contribution in [-0.2, 0) is 12.8 Å². The fraction of sp³-hybridized carbons (Fsp3) is 0.833. The van der Waals surface area contributed by atoms with E-state index < -0.39 is 0 Å². The summed E-state index contributed by atoms with van der Waals surface area (Å²) < 4.78 is 0. The van der Waals surface area contributed by atoms with Gasteiger partial charge >= 0.3 is 0 Å². The van der Waals surface area contributed by atoms with Gasteiger partial charge in [0.1, 0.15) is 0 Å². The number of nitrogens with two attached hydrogens (primary N) is 2. The van der Waals surface area contributed by atoms with Gasteiger partial charge in [-0.05, 0) is 115 Å². The van der Waals surface area contributed by atoms with E-state index >= 15 is 0 Å². The van der Waals surface area contributed by atoms with Crippen LogP contribution in [0.15, 0.2) is 24.3 Å². The van der Waals surface area contributed by atoms with Crippen molar-refractivity contribution in [1.29, 1.82) is 0 Å². The van der Waals surface area contributed by atoms with E-state index in [0.29, 0.717) is 0 Å². The summed E-state index contributed by atoms with van der Waals surface area (Å²) in [6, 6.07) is 9.27. The predicted molar refractivity (Wildman–Crippen MR) is 186 cm³/mol. The molecule has 1 rings (SSSR count). The molecule has 0 saturated heterocycles. The van der Waals surface area contributed by atoms with E-state index in [9.17, 15) is 0 Å². The van der Waals surface area contributed by atoms with Crippen LogP contribution in [0.25, 0.3) is 0 Å². The maximum Gasteiger partial charge on any atom is 0.00914 e. The van der Waals surface area contributed by atoms with E-state index in [2.05, 4.69) is 59.4 Å². The molecule has 0 aliphatic carbocycles. The normalized spacial score (nSPS) is 13.0. The molecule has 0 aliphatic heterocycles. The first-order chi connectivity index (χ1) is 20.7. The van der Waals surface area contributed by atoms with Crippen LogP contribution in [0.1, 0.15) is 128 Å². The molecule has 0 fully saturated rings. The van der Waals surface area contributed by atoms with Crippen molar-refractivity contribution in [3.63, 3.8) is 0 Å². The van der Waals surface area contributed by atoms with Crippen LogP contribution in [0.3, 0.4) is 0 Å². The lowest BCUT2D eigenvalue weighted by Crippen LogP contribution is -2.30. The lowest BCUT2D eigenvalue weighted by molar-refractivity contribution is 0.528. The molecule has 1 aromatic carbocycles. The van der Waals surface area contributed by atoms with Crippen molar-refractivity contribution in [2.75, 3.05) is 52.4 Å². The molecule has 0 saturated carbocycles. The van der Waals surface area contributed by atoms with Crippen LogP contribution in [0, 0.1) is 0 Å². The summed E-state index contributed by atoms with van der Waals surface area (Å²) in [5.74, 6) is 0. The largest absolute Gasteiger partial charge is 0.327 e. The quantitative estimate of drug-likeness (QED) is 0.0572. The summed E-state index contributed by atoms with van der Waals surface area (Å²) in [6.45, 7) is 13.2. The van der Waals surface area contributed by atoms with E-state index in [1.807, 2.05) is 0 Å². The molecular formula is C36H72N6. The van der Waals surface area contributed by atoms with E-state index in [0.717, 1.165) is 78.0 Å². The van der Waals surface area contributed by atoms with Crippen molar-refractivity contribution in [3.05, 3.63) is 35.4 Å². The Labute approximate surface area is 261 Å². The molecule has 2 atom stereocenters. The third kappa shape index (κ3) is 25.5. The zero-order valence-electron chi connectivity index (χ0n) is 28.0. The van der Waals surface area contributed by atoms with Gasteiger partial charge in [-0.25, -0.2) is 0 Å². The molecule has 42 heavy (non-hydrogen) atoms. The first-order valence-electron chi connectivity index (χ1n) is 18.1. The molecule has 8 N–H and O–H groups in total. The van der Waals surface area contributed by atoms with Crippen LogP contribution in [0.5, 0.6) is 0 Å². The molecule has 0 aromatic heterocycles. The van der Waals surface area contributed by atoms with Crippen LogP contribution in [0.4, 0.5) is 0 Å². The lowest BCUT2D eigenvalue weighted by atomic mass is 9.98. The Kier molecular flexibility index (Phi) is 27.9. The van der Waals surface area contributed by atoms with Crippen molar-refractivity contribution in [2.24, 2.45) is 11.5 Å². The second-order valence-corrected chi connectivity index (χ2v) is 12.6. The van der Waals surface area contributed by atoms with Crippen molar-refractivity contribution < 1.29 is 0 Å². The van der Waals surface area contributed by atoms with Crippen LogP contribution >= 0.6 is 0 Å². The van der Waals surface area contributed by atoms with E-state index in [1.165, 1.54) is 101 Å². The summed E-state index contributed by atoms with van der Waals surface area (Å²) in [5.41, 5.74) is 15.6. The second kappa shape index (κ2) is 30.0. The highest BCUT2D eigenvalue weighted by atomic mass is 14.9. The highest BCUT2D eigenvalue weighted by molar-refractivity contribution is 5.25. The molecule has 0 bridgehead atoms. The van der Waals surface area contributed by atoms with E-state index in [1.54, 1.807) is 0 Å². The molecular weight excluding hydrogens is 516 g/mol. The molecule has 246 valence electrons. The fourth-order valence-electron chi connectivity index (χ4n) is 5.51. The van der Waals surface area contributed by atoms with Gasteiger partial charge < -0.3 is 32.7 Å². The molecule has 0 amide bonds. The third-order valence-corrected chi connectivity index (χ3v) is 8.20. The smallest absolute Gasteiger partial charge is 0.00914 e. The number of benzene rings is 1. The van der Waals surface area contributed by atoms with Gasteiger partial charge in [0.25, 0.3) is 0 Å². The average Bonchev–Trinajstić information content (AvgIpc) is 2.98. The van der Waals surface area contributed by atoms with Crippen LogP contribution in [0.2, 0.25) is 0 Å². The van der Waals surface area contributed by atoms with Gasteiger partial charge in [0.15, 0.2) is 0 Å². The first-order valence-corrected chi connectivity index (χ1v) is 18.1. The average molecular weight is 589 g/mol. The number of rotatable bonds is 32. The summed E-state index contributed by atoms with van der Waals surface area (Å²) >= 11 is 0. The first kappa shape index (κ1) is 39.0. The Morgan fingerprint density at radius 3 is 1.26 bits per heavy atom. The van der Waals surface area contributed by atoms with Gasteiger partial charge in [-0.2, -0.15) is 0 Å². The van der Waals surface area contributed by atoms with Crippen LogP contribution in [-0.4, -0.2) is 64.4 Å². The zero-order chi connectivity index (χ0) is 30.4. The van der Waals surface area contributed by atoms with Gasteiger partial charge in [0.2, 0.25) is 0 Å². The number of hydrogen-bond acceptors (Lipinski definition) is 6. The van der Waals surface area contributed by atoms with E-state index in [4.69, 9.17) is 11.5 Å². The Balaban J connectivity index is 2.00. The van der Waals surface area contributed by atoms with Gasteiger partial charge in [-0.3, -0.25) is 0 Å².